The number of alkyl carbamates (subject to hydrolysis) is 1. The fraction of sp³-hybridized carbons (Fsp3) is 0.909. The topological polar surface area (TPSA) is 73.6 Å². The van der Waals surface area contributed by atoms with Crippen molar-refractivity contribution in [3.63, 3.8) is 0 Å². The van der Waals surface area contributed by atoms with Gasteiger partial charge in [0.1, 0.15) is 5.60 Å². The standard InChI is InChI=1S/C11H24N2O3/c1-10(2,3)8(7-15-12)13-9(14)16-11(4,5)6/h8H,7,12H2,1-6H3,(H,13,14). The van der Waals surface area contributed by atoms with Gasteiger partial charge in [-0.2, -0.15) is 0 Å². The van der Waals surface area contributed by atoms with Crippen molar-refractivity contribution in [3.8, 4) is 0 Å². The van der Waals surface area contributed by atoms with Gasteiger partial charge in [-0.1, -0.05) is 20.8 Å². The second kappa shape index (κ2) is 5.50. The van der Waals surface area contributed by atoms with E-state index in [1.54, 1.807) is 0 Å². The Kier molecular flexibility index (Phi) is 5.22. The maximum absolute atomic E-state index is 11.6. The second-order valence-electron chi connectivity index (χ2n) is 5.90. The molecule has 0 aromatic heterocycles. The fourth-order valence-corrected chi connectivity index (χ4v) is 1.05. The molecule has 0 heterocycles. The average Bonchev–Trinajstić information content (AvgIpc) is 1.97. The monoisotopic (exact) mass is 232 g/mol. The fourth-order valence-electron chi connectivity index (χ4n) is 1.05. The van der Waals surface area contributed by atoms with E-state index in [2.05, 4.69) is 10.2 Å². The van der Waals surface area contributed by atoms with Crippen LogP contribution in [0.15, 0.2) is 0 Å². The molecule has 0 aromatic rings. The van der Waals surface area contributed by atoms with E-state index >= 15 is 0 Å². The summed E-state index contributed by atoms with van der Waals surface area (Å²) in [7, 11) is 0. The Morgan fingerprint density at radius 3 is 2.06 bits per heavy atom. The lowest BCUT2D eigenvalue weighted by Gasteiger charge is -2.31. The molecular weight excluding hydrogens is 208 g/mol. The van der Waals surface area contributed by atoms with Crippen molar-refractivity contribution in [2.24, 2.45) is 11.3 Å². The van der Waals surface area contributed by atoms with Crippen molar-refractivity contribution in [1.82, 2.24) is 5.32 Å². The molecule has 1 atom stereocenters. The van der Waals surface area contributed by atoms with Gasteiger partial charge in [0, 0.05) is 0 Å². The van der Waals surface area contributed by atoms with Crippen molar-refractivity contribution in [3.05, 3.63) is 0 Å². The van der Waals surface area contributed by atoms with Crippen LogP contribution in [0.5, 0.6) is 0 Å². The Balaban J connectivity index is 4.36. The molecule has 0 aliphatic carbocycles. The van der Waals surface area contributed by atoms with E-state index in [1.807, 2.05) is 41.5 Å². The highest BCUT2D eigenvalue weighted by Gasteiger charge is 2.28. The van der Waals surface area contributed by atoms with Crippen molar-refractivity contribution < 1.29 is 14.4 Å². The first-order valence-corrected chi connectivity index (χ1v) is 5.37. The van der Waals surface area contributed by atoms with Gasteiger partial charge in [-0.3, -0.25) is 0 Å². The largest absolute Gasteiger partial charge is 0.444 e. The predicted octanol–water partition coefficient (Wildman–Crippen LogP) is 1.82. The first-order valence-electron chi connectivity index (χ1n) is 5.37. The molecular formula is C11H24N2O3. The smallest absolute Gasteiger partial charge is 0.407 e. The minimum atomic E-state index is -0.504. The Morgan fingerprint density at radius 2 is 1.75 bits per heavy atom. The van der Waals surface area contributed by atoms with Crippen LogP contribution in [0.25, 0.3) is 0 Å². The highest BCUT2D eigenvalue weighted by atomic mass is 16.6. The number of hydrogen-bond acceptors (Lipinski definition) is 4. The predicted molar refractivity (Wildman–Crippen MR) is 62.8 cm³/mol. The Hall–Kier alpha value is -0.810. The van der Waals surface area contributed by atoms with Crippen LogP contribution in [0.4, 0.5) is 4.79 Å². The van der Waals surface area contributed by atoms with Crippen LogP contribution < -0.4 is 11.2 Å². The molecule has 16 heavy (non-hydrogen) atoms. The van der Waals surface area contributed by atoms with Gasteiger partial charge in [0.2, 0.25) is 0 Å². The highest BCUT2D eigenvalue weighted by Crippen LogP contribution is 2.19. The summed E-state index contributed by atoms with van der Waals surface area (Å²) in [4.78, 5) is 16.2. The molecule has 5 nitrogen and oxygen atoms in total. The number of nitrogens with two attached hydrogens (primary N) is 1. The maximum Gasteiger partial charge on any atom is 0.407 e. The number of rotatable bonds is 3. The summed E-state index contributed by atoms with van der Waals surface area (Å²) >= 11 is 0. The average molecular weight is 232 g/mol. The number of amides is 1. The molecule has 3 N–H and O–H groups in total. The number of carbonyl (C=O) groups is 1. The van der Waals surface area contributed by atoms with Crippen LogP contribution in [-0.2, 0) is 9.57 Å². The summed E-state index contributed by atoms with van der Waals surface area (Å²) in [5.74, 6) is 5.04. The van der Waals surface area contributed by atoms with Crippen LogP contribution in [0.1, 0.15) is 41.5 Å². The minimum absolute atomic E-state index is 0.143. The summed E-state index contributed by atoms with van der Waals surface area (Å²) in [5, 5.41) is 2.75. The van der Waals surface area contributed by atoms with Crippen LogP contribution in [0.3, 0.4) is 0 Å². The van der Waals surface area contributed by atoms with Crippen molar-refractivity contribution in [2.75, 3.05) is 6.61 Å². The van der Waals surface area contributed by atoms with E-state index in [-0.39, 0.29) is 18.1 Å². The lowest BCUT2D eigenvalue weighted by atomic mass is 9.87. The van der Waals surface area contributed by atoms with Crippen LogP contribution in [0.2, 0.25) is 0 Å². The minimum Gasteiger partial charge on any atom is -0.444 e. The normalized spacial score (nSPS) is 14.4. The number of carbonyl (C=O) groups excluding carboxylic acids is 1. The van der Waals surface area contributed by atoms with Gasteiger partial charge in [-0.15, -0.1) is 0 Å². The van der Waals surface area contributed by atoms with E-state index in [1.165, 1.54) is 0 Å². The van der Waals surface area contributed by atoms with Gasteiger partial charge in [0.25, 0.3) is 0 Å². The van der Waals surface area contributed by atoms with Gasteiger partial charge < -0.3 is 14.9 Å². The molecule has 0 fully saturated rings. The third-order valence-corrected chi connectivity index (χ3v) is 2.00. The molecule has 0 bridgehead atoms. The van der Waals surface area contributed by atoms with Gasteiger partial charge in [-0.05, 0) is 26.2 Å². The van der Waals surface area contributed by atoms with Gasteiger partial charge in [-0.25, -0.2) is 10.7 Å². The summed E-state index contributed by atoms with van der Waals surface area (Å²) in [6.45, 7) is 11.7. The molecule has 1 amide bonds. The summed E-state index contributed by atoms with van der Waals surface area (Å²) < 4.78 is 5.16. The molecule has 0 aliphatic rings. The van der Waals surface area contributed by atoms with E-state index in [4.69, 9.17) is 10.6 Å². The maximum atomic E-state index is 11.6. The summed E-state index contributed by atoms with van der Waals surface area (Å²) in [5.41, 5.74) is -0.646. The van der Waals surface area contributed by atoms with E-state index in [0.29, 0.717) is 0 Å². The molecule has 0 saturated carbocycles. The molecule has 0 aromatic carbocycles. The Bertz CT molecular complexity index is 228. The van der Waals surface area contributed by atoms with Gasteiger partial charge >= 0.3 is 6.09 Å². The second-order valence-corrected chi connectivity index (χ2v) is 5.90. The van der Waals surface area contributed by atoms with Gasteiger partial charge in [0.15, 0.2) is 0 Å². The quantitative estimate of drug-likeness (QED) is 0.728. The first kappa shape index (κ1) is 15.2. The molecule has 0 saturated heterocycles. The SMILES string of the molecule is CC(C)(C)OC(=O)NC(CON)C(C)(C)C. The third-order valence-electron chi connectivity index (χ3n) is 2.00. The molecule has 0 spiro atoms. The lowest BCUT2D eigenvalue weighted by molar-refractivity contribution is 0.0329. The number of nitrogens with one attached hydrogen (secondary N) is 1. The molecule has 5 heteroatoms. The molecule has 0 aliphatic heterocycles. The Labute approximate surface area is 97.6 Å². The zero-order valence-electron chi connectivity index (χ0n) is 11.1. The van der Waals surface area contributed by atoms with Gasteiger partial charge in [0.05, 0.1) is 12.6 Å². The van der Waals surface area contributed by atoms with Crippen LogP contribution in [-0.4, -0.2) is 24.3 Å². The first-order chi connectivity index (χ1) is 7.06. The van der Waals surface area contributed by atoms with E-state index < -0.39 is 11.7 Å². The zero-order chi connectivity index (χ0) is 13.0. The highest BCUT2D eigenvalue weighted by molar-refractivity contribution is 5.68. The number of ether oxygens (including phenoxy) is 1. The third kappa shape index (κ3) is 6.63. The van der Waals surface area contributed by atoms with Crippen molar-refractivity contribution >= 4 is 6.09 Å². The lowest BCUT2D eigenvalue weighted by Crippen LogP contribution is -2.48. The summed E-state index contributed by atoms with van der Waals surface area (Å²) in [6, 6.07) is -0.188. The molecule has 0 radical (unpaired) electrons. The molecule has 0 rings (SSSR count). The van der Waals surface area contributed by atoms with Crippen molar-refractivity contribution in [1.29, 1.82) is 0 Å². The number of hydrogen-bond donors (Lipinski definition) is 2. The molecule has 96 valence electrons. The van der Waals surface area contributed by atoms with Crippen LogP contribution in [0, 0.1) is 5.41 Å². The van der Waals surface area contributed by atoms with Crippen molar-refractivity contribution in [2.45, 2.75) is 53.2 Å². The zero-order valence-corrected chi connectivity index (χ0v) is 11.1. The van der Waals surface area contributed by atoms with E-state index in [0.717, 1.165) is 0 Å². The Morgan fingerprint density at radius 1 is 1.25 bits per heavy atom. The van der Waals surface area contributed by atoms with E-state index in [9.17, 15) is 4.79 Å². The molecule has 1 unspecified atom stereocenters. The van der Waals surface area contributed by atoms with Crippen LogP contribution >= 0.6 is 0 Å². The summed E-state index contributed by atoms with van der Waals surface area (Å²) in [6.07, 6.45) is -0.454.